The minimum Gasteiger partial charge on any atom is -0.453 e. The van der Waals surface area contributed by atoms with E-state index in [9.17, 15) is 4.79 Å². The van der Waals surface area contributed by atoms with Crippen molar-refractivity contribution in [2.75, 3.05) is 62.0 Å². The molecule has 170 valence electrons. The second kappa shape index (κ2) is 10.4. The molecule has 0 saturated carbocycles. The molecule has 2 saturated heterocycles. The number of carbonyl (C=O) groups excluding carboxylic acids is 1. The maximum atomic E-state index is 11.5. The van der Waals surface area contributed by atoms with E-state index in [0.29, 0.717) is 55.2 Å². The van der Waals surface area contributed by atoms with Crippen molar-refractivity contribution in [2.45, 2.75) is 18.9 Å². The number of amides is 1. The van der Waals surface area contributed by atoms with Crippen LogP contribution in [0.2, 0.25) is 0 Å². The van der Waals surface area contributed by atoms with E-state index < -0.39 is 6.09 Å². The fraction of sp³-hybridized carbons (Fsp3) is 0.455. The highest BCUT2D eigenvalue weighted by molar-refractivity contribution is 5.92. The van der Waals surface area contributed by atoms with Gasteiger partial charge in [-0.2, -0.15) is 0 Å². The molecule has 0 atom stereocenters. The van der Waals surface area contributed by atoms with Crippen molar-refractivity contribution < 1.29 is 14.3 Å². The number of piperidine rings is 1. The van der Waals surface area contributed by atoms with E-state index in [2.05, 4.69) is 25.6 Å². The van der Waals surface area contributed by atoms with Gasteiger partial charge in [0.05, 0.1) is 25.9 Å². The van der Waals surface area contributed by atoms with Crippen LogP contribution in [0.25, 0.3) is 11.4 Å². The van der Waals surface area contributed by atoms with Crippen molar-refractivity contribution in [3.05, 3.63) is 29.8 Å². The highest BCUT2D eigenvalue weighted by Gasteiger charge is 2.23. The SMILES string of the molecule is COC(=O)Nc1ccc(-c2nc(NC3CCNCC3)c(C=N)c(N3CCOCC3)n2)cc1. The lowest BCUT2D eigenvalue weighted by molar-refractivity contribution is 0.122. The molecule has 3 heterocycles. The number of rotatable bonds is 6. The van der Waals surface area contributed by atoms with E-state index >= 15 is 0 Å². The summed E-state index contributed by atoms with van der Waals surface area (Å²) in [4.78, 5) is 23.2. The smallest absolute Gasteiger partial charge is 0.411 e. The molecule has 2 aliphatic rings. The number of carbonyl (C=O) groups is 1. The number of methoxy groups -OCH3 is 1. The van der Waals surface area contributed by atoms with Gasteiger partial charge in [0.1, 0.15) is 11.6 Å². The average Bonchev–Trinajstić information content (AvgIpc) is 2.85. The largest absolute Gasteiger partial charge is 0.453 e. The Bertz CT molecular complexity index is 939. The molecule has 1 aromatic carbocycles. The number of nitrogens with one attached hydrogen (secondary N) is 4. The number of aromatic nitrogens is 2. The van der Waals surface area contributed by atoms with Crippen LogP contribution in [-0.4, -0.2) is 74.8 Å². The monoisotopic (exact) mass is 439 g/mol. The van der Waals surface area contributed by atoms with Crippen molar-refractivity contribution in [1.29, 1.82) is 5.41 Å². The van der Waals surface area contributed by atoms with Gasteiger partial charge in [-0.15, -0.1) is 0 Å². The Labute approximate surface area is 187 Å². The molecule has 1 amide bonds. The van der Waals surface area contributed by atoms with Gasteiger partial charge in [-0.3, -0.25) is 5.32 Å². The topological polar surface area (TPSA) is 124 Å². The molecule has 0 spiro atoms. The molecule has 2 aliphatic heterocycles. The van der Waals surface area contributed by atoms with Crippen molar-refractivity contribution in [3.8, 4) is 11.4 Å². The number of morpholine rings is 1. The summed E-state index contributed by atoms with van der Waals surface area (Å²) in [5.74, 6) is 1.98. The summed E-state index contributed by atoms with van der Waals surface area (Å²) >= 11 is 0. The zero-order chi connectivity index (χ0) is 22.3. The molecular formula is C22H29N7O3. The molecule has 2 aromatic rings. The van der Waals surface area contributed by atoms with Gasteiger partial charge in [0.15, 0.2) is 5.82 Å². The van der Waals surface area contributed by atoms with Crippen LogP contribution < -0.4 is 20.9 Å². The molecule has 1 aromatic heterocycles. The Morgan fingerprint density at radius 1 is 1.22 bits per heavy atom. The van der Waals surface area contributed by atoms with Crippen molar-refractivity contribution in [3.63, 3.8) is 0 Å². The lowest BCUT2D eigenvalue weighted by atomic mass is 10.1. The standard InChI is InChI=1S/C22H29N7O3/c1-31-22(30)26-16-4-2-15(3-5-16)19-27-20(25-17-6-8-24-9-7-17)18(14-23)21(28-19)29-10-12-32-13-11-29/h2-5,14,17,23-24H,6-13H2,1H3,(H,26,30)(H,25,27,28). The van der Waals surface area contributed by atoms with E-state index in [1.807, 2.05) is 12.1 Å². The molecule has 10 nitrogen and oxygen atoms in total. The van der Waals surface area contributed by atoms with Crippen LogP contribution in [0.4, 0.5) is 22.1 Å². The van der Waals surface area contributed by atoms with E-state index in [-0.39, 0.29) is 0 Å². The summed E-state index contributed by atoms with van der Waals surface area (Å²) in [6.45, 7) is 4.60. The van der Waals surface area contributed by atoms with Gasteiger partial charge in [-0.05, 0) is 50.2 Å². The first-order chi connectivity index (χ1) is 15.7. The zero-order valence-corrected chi connectivity index (χ0v) is 18.2. The Balaban J connectivity index is 1.69. The van der Waals surface area contributed by atoms with E-state index in [1.165, 1.54) is 13.3 Å². The minimum absolute atomic E-state index is 0.293. The summed E-state index contributed by atoms with van der Waals surface area (Å²) in [5, 5.41) is 17.7. The van der Waals surface area contributed by atoms with Gasteiger partial charge in [0.25, 0.3) is 0 Å². The van der Waals surface area contributed by atoms with Gasteiger partial charge < -0.3 is 30.4 Å². The number of hydrogen-bond donors (Lipinski definition) is 4. The van der Waals surface area contributed by atoms with E-state index in [1.54, 1.807) is 12.1 Å². The number of nitrogens with zero attached hydrogens (tertiary/aromatic N) is 3. The number of benzene rings is 1. The lowest BCUT2D eigenvalue weighted by Gasteiger charge is -2.31. The maximum absolute atomic E-state index is 11.5. The highest BCUT2D eigenvalue weighted by Crippen LogP contribution is 2.29. The van der Waals surface area contributed by atoms with Crippen LogP contribution in [0.1, 0.15) is 18.4 Å². The molecule has 10 heteroatoms. The van der Waals surface area contributed by atoms with E-state index in [0.717, 1.165) is 37.3 Å². The lowest BCUT2D eigenvalue weighted by Crippen LogP contribution is -2.38. The van der Waals surface area contributed by atoms with Crippen LogP contribution in [0, 0.1) is 5.41 Å². The third-order valence-electron chi connectivity index (χ3n) is 5.64. The maximum Gasteiger partial charge on any atom is 0.411 e. The summed E-state index contributed by atoms with van der Waals surface area (Å²) in [5.41, 5.74) is 2.14. The Kier molecular flexibility index (Phi) is 7.13. The van der Waals surface area contributed by atoms with Crippen LogP contribution in [0.3, 0.4) is 0 Å². The first-order valence-corrected chi connectivity index (χ1v) is 10.9. The average molecular weight is 440 g/mol. The molecule has 0 bridgehead atoms. The predicted molar refractivity (Wildman–Crippen MR) is 124 cm³/mol. The first-order valence-electron chi connectivity index (χ1n) is 10.9. The van der Waals surface area contributed by atoms with Crippen LogP contribution in [0.5, 0.6) is 0 Å². The Morgan fingerprint density at radius 2 is 1.94 bits per heavy atom. The quantitative estimate of drug-likeness (QED) is 0.506. The molecule has 4 rings (SSSR count). The normalized spacial score (nSPS) is 17.0. The molecule has 4 N–H and O–H groups in total. The third kappa shape index (κ3) is 5.14. The van der Waals surface area contributed by atoms with Crippen molar-refractivity contribution in [1.82, 2.24) is 15.3 Å². The van der Waals surface area contributed by atoms with Gasteiger partial charge >= 0.3 is 6.09 Å². The van der Waals surface area contributed by atoms with Crippen LogP contribution in [0.15, 0.2) is 24.3 Å². The fourth-order valence-corrected chi connectivity index (χ4v) is 3.88. The van der Waals surface area contributed by atoms with E-state index in [4.69, 9.17) is 20.1 Å². The molecule has 32 heavy (non-hydrogen) atoms. The summed E-state index contributed by atoms with van der Waals surface area (Å²) in [7, 11) is 1.33. The summed E-state index contributed by atoms with van der Waals surface area (Å²) < 4.78 is 10.1. The second-order valence-electron chi connectivity index (χ2n) is 7.74. The number of hydrogen-bond acceptors (Lipinski definition) is 9. The van der Waals surface area contributed by atoms with Crippen molar-refractivity contribution in [2.24, 2.45) is 0 Å². The van der Waals surface area contributed by atoms with Crippen molar-refractivity contribution >= 4 is 29.6 Å². The molecule has 2 fully saturated rings. The zero-order valence-electron chi connectivity index (χ0n) is 18.2. The second-order valence-corrected chi connectivity index (χ2v) is 7.74. The van der Waals surface area contributed by atoms with Gasteiger partial charge in [-0.25, -0.2) is 14.8 Å². The summed E-state index contributed by atoms with van der Waals surface area (Å²) in [6.07, 6.45) is 2.81. The highest BCUT2D eigenvalue weighted by atomic mass is 16.5. The fourth-order valence-electron chi connectivity index (χ4n) is 3.88. The van der Waals surface area contributed by atoms with Gasteiger partial charge in [-0.1, -0.05) is 0 Å². The van der Waals surface area contributed by atoms with Crippen LogP contribution in [-0.2, 0) is 9.47 Å². The number of anilines is 3. The predicted octanol–water partition coefficient (Wildman–Crippen LogP) is 2.32. The first kappa shape index (κ1) is 22.0. The molecule has 0 radical (unpaired) electrons. The van der Waals surface area contributed by atoms with Gasteiger partial charge in [0, 0.05) is 36.6 Å². The Morgan fingerprint density at radius 3 is 2.59 bits per heavy atom. The molecular weight excluding hydrogens is 410 g/mol. The summed E-state index contributed by atoms with van der Waals surface area (Å²) in [6, 6.07) is 7.59. The third-order valence-corrected chi connectivity index (χ3v) is 5.64. The Hall–Kier alpha value is -3.24. The van der Waals surface area contributed by atoms with Crippen LogP contribution >= 0.6 is 0 Å². The molecule has 0 unspecified atom stereocenters. The minimum atomic E-state index is -0.521. The van der Waals surface area contributed by atoms with Gasteiger partial charge in [0.2, 0.25) is 0 Å². The molecule has 0 aliphatic carbocycles. The number of ether oxygens (including phenoxy) is 2.